The average molecular weight is 298 g/mol. The Hall–Kier alpha value is -1.53. The molecule has 0 aliphatic carbocycles. The van der Waals surface area contributed by atoms with Crippen molar-refractivity contribution in [3.05, 3.63) is 45.4 Å². The molecular formula is C14H16F2N2OS. The maximum absolute atomic E-state index is 13.7. The monoisotopic (exact) mass is 298 g/mol. The smallest absolute Gasteiger partial charge is 0.191 e. The van der Waals surface area contributed by atoms with Crippen LogP contribution in [0.2, 0.25) is 0 Å². The molecule has 0 unspecified atom stereocenters. The number of hydrogen-bond acceptors (Lipinski definition) is 4. The lowest BCUT2D eigenvalue weighted by Crippen LogP contribution is -2.03. The maximum atomic E-state index is 13.7. The zero-order valence-corrected chi connectivity index (χ0v) is 12.0. The van der Waals surface area contributed by atoms with E-state index in [2.05, 4.69) is 11.9 Å². The molecule has 0 aliphatic heterocycles. The van der Waals surface area contributed by atoms with Gasteiger partial charge in [-0.2, -0.15) is 0 Å². The summed E-state index contributed by atoms with van der Waals surface area (Å²) in [5.41, 5.74) is 6.43. The highest BCUT2D eigenvalue weighted by molar-refractivity contribution is 7.09. The molecule has 0 spiro atoms. The van der Waals surface area contributed by atoms with Crippen LogP contribution in [0.15, 0.2) is 17.5 Å². The Bertz CT molecular complexity index is 563. The number of ether oxygens (including phenoxy) is 1. The fraction of sp³-hybridized carbons (Fsp3) is 0.357. The molecule has 1 aromatic carbocycles. The van der Waals surface area contributed by atoms with Crippen molar-refractivity contribution >= 4 is 11.3 Å². The molecule has 1 heterocycles. The van der Waals surface area contributed by atoms with Crippen LogP contribution in [0.3, 0.4) is 0 Å². The van der Waals surface area contributed by atoms with Gasteiger partial charge < -0.3 is 10.5 Å². The predicted octanol–water partition coefficient (Wildman–Crippen LogP) is 3.41. The third-order valence-electron chi connectivity index (χ3n) is 2.72. The molecule has 0 amide bonds. The molecule has 0 bridgehead atoms. The summed E-state index contributed by atoms with van der Waals surface area (Å²) >= 11 is 1.53. The van der Waals surface area contributed by atoms with E-state index < -0.39 is 11.6 Å². The largest absolute Gasteiger partial charge is 0.481 e. The molecule has 2 N–H and O–H groups in total. The van der Waals surface area contributed by atoms with Crippen LogP contribution in [0.4, 0.5) is 8.78 Å². The standard InChI is InChI=1S/C14H16F2N2OS/c1-2-3-13-18-10(8-20-13)7-19-14-11(15)4-9(6-17)5-12(14)16/h4-5,8H,2-3,6-7,17H2,1H3. The van der Waals surface area contributed by atoms with Gasteiger partial charge in [0, 0.05) is 11.9 Å². The summed E-state index contributed by atoms with van der Waals surface area (Å²) in [4.78, 5) is 4.34. The Labute approximate surface area is 120 Å². The highest BCUT2D eigenvalue weighted by Crippen LogP contribution is 2.24. The number of aromatic nitrogens is 1. The van der Waals surface area contributed by atoms with E-state index in [0.717, 1.165) is 17.8 Å². The summed E-state index contributed by atoms with van der Waals surface area (Å²) in [6.45, 7) is 2.21. The minimum Gasteiger partial charge on any atom is -0.481 e. The molecule has 0 aliphatic rings. The van der Waals surface area contributed by atoms with Crippen LogP contribution in [-0.2, 0) is 19.6 Å². The van der Waals surface area contributed by atoms with Gasteiger partial charge in [0.1, 0.15) is 6.61 Å². The van der Waals surface area contributed by atoms with Gasteiger partial charge in [0.05, 0.1) is 10.7 Å². The van der Waals surface area contributed by atoms with E-state index in [4.69, 9.17) is 10.5 Å². The molecule has 6 heteroatoms. The van der Waals surface area contributed by atoms with Gasteiger partial charge in [0.25, 0.3) is 0 Å². The predicted molar refractivity (Wildman–Crippen MR) is 74.7 cm³/mol. The molecule has 108 valence electrons. The van der Waals surface area contributed by atoms with Crippen molar-refractivity contribution in [1.29, 1.82) is 0 Å². The number of benzene rings is 1. The van der Waals surface area contributed by atoms with E-state index in [1.807, 2.05) is 5.38 Å². The van der Waals surface area contributed by atoms with Gasteiger partial charge in [0.2, 0.25) is 0 Å². The van der Waals surface area contributed by atoms with Crippen molar-refractivity contribution in [3.8, 4) is 5.75 Å². The summed E-state index contributed by atoms with van der Waals surface area (Å²) in [5.74, 6) is -1.86. The maximum Gasteiger partial charge on any atom is 0.191 e. The van der Waals surface area contributed by atoms with Gasteiger partial charge >= 0.3 is 0 Å². The lowest BCUT2D eigenvalue weighted by molar-refractivity contribution is 0.270. The third kappa shape index (κ3) is 3.52. The zero-order chi connectivity index (χ0) is 14.5. The Kier molecular flexibility index (Phi) is 5.03. The van der Waals surface area contributed by atoms with Crippen LogP contribution in [0.1, 0.15) is 29.6 Å². The van der Waals surface area contributed by atoms with E-state index in [9.17, 15) is 8.78 Å². The van der Waals surface area contributed by atoms with E-state index in [1.165, 1.54) is 23.5 Å². The number of halogens is 2. The molecule has 1 aromatic heterocycles. The van der Waals surface area contributed by atoms with Gasteiger partial charge in [-0.3, -0.25) is 0 Å². The summed E-state index contributed by atoms with van der Waals surface area (Å²) in [6.07, 6.45) is 1.91. The van der Waals surface area contributed by atoms with Crippen molar-refractivity contribution in [1.82, 2.24) is 4.98 Å². The van der Waals surface area contributed by atoms with Gasteiger partial charge in [-0.25, -0.2) is 13.8 Å². The number of nitrogens with two attached hydrogens (primary N) is 1. The number of hydrogen-bond donors (Lipinski definition) is 1. The molecule has 20 heavy (non-hydrogen) atoms. The first-order valence-corrected chi connectivity index (χ1v) is 7.26. The molecule has 0 saturated heterocycles. The van der Waals surface area contributed by atoms with Crippen LogP contribution in [0, 0.1) is 11.6 Å². The van der Waals surface area contributed by atoms with Crippen molar-refractivity contribution in [2.45, 2.75) is 32.9 Å². The molecule has 0 fully saturated rings. The normalized spacial score (nSPS) is 10.8. The fourth-order valence-electron chi connectivity index (χ4n) is 1.76. The van der Waals surface area contributed by atoms with E-state index in [0.29, 0.717) is 11.3 Å². The summed E-state index contributed by atoms with van der Waals surface area (Å²) < 4.78 is 32.6. The summed E-state index contributed by atoms with van der Waals surface area (Å²) in [7, 11) is 0. The van der Waals surface area contributed by atoms with Crippen LogP contribution in [0.5, 0.6) is 5.75 Å². The van der Waals surface area contributed by atoms with Crippen molar-refractivity contribution < 1.29 is 13.5 Å². The van der Waals surface area contributed by atoms with Crippen LogP contribution in [-0.4, -0.2) is 4.98 Å². The second-order valence-corrected chi connectivity index (χ2v) is 5.31. The Balaban J connectivity index is 2.06. The minimum absolute atomic E-state index is 0.0516. The quantitative estimate of drug-likeness (QED) is 0.889. The van der Waals surface area contributed by atoms with E-state index in [1.54, 1.807) is 0 Å². The van der Waals surface area contributed by atoms with Gasteiger partial charge in [-0.1, -0.05) is 6.92 Å². The molecule has 0 radical (unpaired) electrons. The van der Waals surface area contributed by atoms with Gasteiger partial charge in [-0.15, -0.1) is 11.3 Å². The topological polar surface area (TPSA) is 48.1 Å². The highest BCUT2D eigenvalue weighted by atomic mass is 32.1. The van der Waals surface area contributed by atoms with Crippen molar-refractivity contribution in [2.24, 2.45) is 5.73 Å². The van der Waals surface area contributed by atoms with E-state index >= 15 is 0 Å². The van der Waals surface area contributed by atoms with Crippen molar-refractivity contribution in [2.75, 3.05) is 0 Å². The van der Waals surface area contributed by atoms with Crippen molar-refractivity contribution in [3.63, 3.8) is 0 Å². The van der Waals surface area contributed by atoms with Gasteiger partial charge in [-0.05, 0) is 30.5 Å². The van der Waals surface area contributed by atoms with Crippen LogP contribution < -0.4 is 10.5 Å². The molecule has 2 rings (SSSR count). The molecule has 3 nitrogen and oxygen atoms in total. The number of rotatable bonds is 6. The first kappa shape index (κ1) is 14.9. The Morgan fingerprint density at radius 1 is 1.30 bits per heavy atom. The molecule has 0 atom stereocenters. The number of thiazole rings is 1. The van der Waals surface area contributed by atoms with E-state index in [-0.39, 0.29) is 18.9 Å². The lowest BCUT2D eigenvalue weighted by Gasteiger charge is -2.08. The third-order valence-corrected chi connectivity index (χ3v) is 3.68. The average Bonchev–Trinajstić information content (AvgIpc) is 2.85. The summed E-state index contributed by atoms with van der Waals surface area (Å²) in [5, 5.41) is 2.85. The molecule has 0 saturated carbocycles. The molecular weight excluding hydrogens is 282 g/mol. The number of aryl methyl sites for hydroxylation is 1. The highest BCUT2D eigenvalue weighted by Gasteiger charge is 2.13. The van der Waals surface area contributed by atoms with Gasteiger partial charge in [0.15, 0.2) is 17.4 Å². The minimum atomic E-state index is -0.741. The number of nitrogens with zero attached hydrogens (tertiary/aromatic N) is 1. The first-order chi connectivity index (χ1) is 9.63. The van der Waals surface area contributed by atoms with Crippen LogP contribution in [0.25, 0.3) is 0 Å². The Morgan fingerprint density at radius 2 is 2.00 bits per heavy atom. The second kappa shape index (κ2) is 6.76. The van der Waals surface area contributed by atoms with Crippen LogP contribution >= 0.6 is 11.3 Å². The molecule has 2 aromatic rings. The lowest BCUT2D eigenvalue weighted by atomic mass is 10.2. The zero-order valence-electron chi connectivity index (χ0n) is 11.2. The fourth-order valence-corrected chi connectivity index (χ4v) is 2.64. The SMILES string of the molecule is CCCc1nc(COc2c(F)cc(CN)cc2F)cs1. The second-order valence-electron chi connectivity index (χ2n) is 4.36. The Morgan fingerprint density at radius 3 is 2.60 bits per heavy atom. The first-order valence-electron chi connectivity index (χ1n) is 6.38. The summed E-state index contributed by atoms with van der Waals surface area (Å²) in [6, 6.07) is 2.37.